The van der Waals surface area contributed by atoms with Gasteiger partial charge in [0.05, 0.1) is 12.0 Å². The molecule has 7 heteroatoms. The highest BCUT2D eigenvalue weighted by molar-refractivity contribution is 5.74. The summed E-state index contributed by atoms with van der Waals surface area (Å²) in [6.45, 7) is 11.4. The van der Waals surface area contributed by atoms with Crippen molar-refractivity contribution in [1.82, 2.24) is 4.90 Å². The number of carboxylic acid groups (broad SMARTS) is 1. The van der Waals surface area contributed by atoms with Crippen molar-refractivity contribution in [3.8, 4) is 0 Å². The molecule has 0 aromatic carbocycles. The number of unbranched alkanes of at least 4 members (excludes halogenated alkanes) is 20. The van der Waals surface area contributed by atoms with Crippen molar-refractivity contribution in [2.75, 3.05) is 33.4 Å². The fourth-order valence-corrected chi connectivity index (χ4v) is 7.84. The van der Waals surface area contributed by atoms with Crippen LogP contribution in [-0.2, 0) is 23.8 Å². The number of aliphatic carboxylic acids is 1. The average molecular weight is 738 g/mol. The number of rotatable bonds is 37. The number of carboxylic acids is 1. The van der Waals surface area contributed by atoms with E-state index in [9.17, 15) is 14.7 Å². The second-order valence-electron chi connectivity index (χ2n) is 16.6. The molecule has 1 aliphatic rings. The normalized spacial score (nSPS) is 18.6. The van der Waals surface area contributed by atoms with Gasteiger partial charge in [-0.1, -0.05) is 149 Å². The summed E-state index contributed by atoms with van der Waals surface area (Å²) in [4.78, 5) is 27.4. The minimum absolute atomic E-state index is 0.123. The van der Waals surface area contributed by atoms with Crippen molar-refractivity contribution >= 4 is 11.9 Å². The van der Waals surface area contributed by atoms with E-state index in [0.717, 1.165) is 71.1 Å². The van der Waals surface area contributed by atoms with Crippen molar-refractivity contribution in [2.24, 2.45) is 11.3 Å². The summed E-state index contributed by atoms with van der Waals surface area (Å²) in [5.74, 6) is -0.473. The molecule has 0 bridgehead atoms. The van der Waals surface area contributed by atoms with Crippen molar-refractivity contribution in [2.45, 2.75) is 233 Å². The number of nitrogens with zero attached hydrogens (tertiary/aromatic N) is 1. The Hall–Kier alpha value is -1.18. The van der Waals surface area contributed by atoms with Gasteiger partial charge >= 0.3 is 11.9 Å². The van der Waals surface area contributed by atoms with Crippen LogP contribution in [0, 0.1) is 11.3 Å². The predicted molar refractivity (Wildman–Crippen MR) is 218 cm³/mol. The number of likely N-dealkylation sites (tertiary alicyclic amines) is 1. The van der Waals surface area contributed by atoms with Gasteiger partial charge in [0.1, 0.15) is 0 Å². The molecule has 308 valence electrons. The zero-order chi connectivity index (χ0) is 38.1. The summed E-state index contributed by atoms with van der Waals surface area (Å²) < 4.78 is 18.2. The van der Waals surface area contributed by atoms with Gasteiger partial charge in [-0.15, -0.1) is 0 Å². The number of esters is 1. The molecule has 0 saturated carbocycles. The lowest BCUT2D eigenvalue weighted by atomic mass is 9.72. The fourth-order valence-electron chi connectivity index (χ4n) is 7.84. The van der Waals surface area contributed by atoms with E-state index in [2.05, 4.69) is 32.7 Å². The summed E-state index contributed by atoms with van der Waals surface area (Å²) in [6.07, 6.45) is 33.9. The molecular formula is C45H87NO6. The molecular weight excluding hydrogens is 650 g/mol. The standard InChI is InChI=1S/C45H87NO6/c1-6-9-12-15-18-19-20-21-22-25-30-40(41-39-45(4,44(48)49)34-35-46(41)5)33-38-50-42(47)31-26-27-32-43(51-36-28-23-16-13-10-7-2)52-37-29-24-17-14-11-8-3/h40-41,43H,6-39H2,1-5H3,(H,48,49). The number of piperidine rings is 1. The summed E-state index contributed by atoms with van der Waals surface area (Å²) in [5.41, 5.74) is -0.682. The highest BCUT2D eigenvalue weighted by Gasteiger charge is 2.43. The minimum Gasteiger partial charge on any atom is -0.481 e. The van der Waals surface area contributed by atoms with E-state index < -0.39 is 11.4 Å². The Morgan fingerprint density at radius 3 is 1.60 bits per heavy atom. The van der Waals surface area contributed by atoms with E-state index in [4.69, 9.17) is 14.2 Å². The molecule has 0 amide bonds. The summed E-state index contributed by atoms with van der Waals surface area (Å²) >= 11 is 0. The zero-order valence-corrected chi connectivity index (χ0v) is 35.2. The van der Waals surface area contributed by atoms with Gasteiger partial charge in [-0.2, -0.15) is 0 Å². The lowest BCUT2D eigenvalue weighted by Gasteiger charge is -2.44. The van der Waals surface area contributed by atoms with Gasteiger partial charge in [0.15, 0.2) is 6.29 Å². The first-order valence-corrected chi connectivity index (χ1v) is 22.6. The van der Waals surface area contributed by atoms with Crippen LogP contribution in [-0.4, -0.2) is 67.7 Å². The molecule has 7 nitrogen and oxygen atoms in total. The number of carbonyl (C=O) groups excluding carboxylic acids is 1. The highest BCUT2D eigenvalue weighted by Crippen LogP contribution is 2.39. The Kier molecular flexibility index (Phi) is 31.2. The number of hydrogen-bond donors (Lipinski definition) is 1. The maximum atomic E-state index is 12.8. The van der Waals surface area contributed by atoms with Crippen molar-refractivity contribution in [1.29, 1.82) is 0 Å². The van der Waals surface area contributed by atoms with Crippen LogP contribution in [0.3, 0.4) is 0 Å². The first-order valence-electron chi connectivity index (χ1n) is 22.6. The van der Waals surface area contributed by atoms with Crippen LogP contribution >= 0.6 is 0 Å². The minimum atomic E-state index is -0.683. The van der Waals surface area contributed by atoms with Gasteiger partial charge in [0.25, 0.3) is 0 Å². The van der Waals surface area contributed by atoms with E-state index in [1.165, 1.54) is 122 Å². The predicted octanol–water partition coefficient (Wildman–Crippen LogP) is 12.7. The molecule has 0 spiro atoms. The van der Waals surface area contributed by atoms with Crippen LogP contribution in [0.4, 0.5) is 0 Å². The van der Waals surface area contributed by atoms with E-state index in [1.54, 1.807) is 0 Å². The molecule has 0 aliphatic carbocycles. The van der Waals surface area contributed by atoms with Crippen molar-refractivity contribution in [3.05, 3.63) is 0 Å². The van der Waals surface area contributed by atoms with Gasteiger partial charge in [0.2, 0.25) is 0 Å². The molecule has 52 heavy (non-hydrogen) atoms. The van der Waals surface area contributed by atoms with Gasteiger partial charge < -0.3 is 24.2 Å². The lowest BCUT2D eigenvalue weighted by molar-refractivity contribution is -0.152. The third-order valence-electron chi connectivity index (χ3n) is 11.7. The first-order chi connectivity index (χ1) is 25.3. The Morgan fingerprint density at radius 1 is 0.635 bits per heavy atom. The summed E-state index contributed by atoms with van der Waals surface area (Å²) in [5, 5.41) is 10.0. The molecule has 1 rings (SSSR count). The van der Waals surface area contributed by atoms with E-state index in [1.807, 2.05) is 6.92 Å². The Balaban J connectivity index is 2.50. The van der Waals surface area contributed by atoms with Crippen molar-refractivity contribution < 1.29 is 28.9 Å². The molecule has 1 heterocycles. The zero-order valence-electron chi connectivity index (χ0n) is 35.2. The van der Waals surface area contributed by atoms with Crippen LogP contribution in [0.5, 0.6) is 0 Å². The largest absolute Gasteiger partial charge is 0.481 e. The monoisotopic (exact) mass is 738 g/mol. The maximum absolute atomic E-state index is 12.8. The average Bonchev–Trinajstić information content (AvgIpc) is 3.13. The van der Waals surface area contributed by atoms with Gasteiger partial charge in [-0.05, 0) is 84.2 Å². The fraction of sp³-hybridized carbons (Fsp3) is 0.956. The summed E-state index contributed by atoms with van der Waals surface area (Å²) in [6, 6.07) is 0.205. The van der Waals surface area contributed by atoms with Crippen LogP contribution in [0.15, 0.2) is 0 Å². The second kappa shape index (κ2) is 33.2. The van der Waals surface area contributed by atoms with E-state index in [-0.39, 0.29) is 18.3 Å². The number of ether oxygens (including phenoxy) is 3. The molecule has 3 atom stereocenters. The van der Waals surface area contributed by atoms with Crippen LogP contribution < -0.4 is 0 Å². The maximum Gasteiger partial charge on any atom is 0.309 e. The van der Waals surface area contributed by atoms with E-state index >= 15 is 0 Å². The van der Waals surface area contributed by atoms with Crippen LogP contribution in [0.1, 0.15) is 220 Å². The molecule has 1 saturated heterocycles. The van der Waals surface area contributed by atoms with Gasteiger partial charge in [-0.25, -0.2) is 0 Å². The molecule has 1 aliphatic heterocycles. The SMILES string of the molecule is CCCCCCCCCCCCC(CCOC(=O)CCCCC(OCCCCCCCC)OCCCCCCCC)C1CC(C)(C(=O)O)CCN1C. The van der Waals surface area contributed by atoms with E-state index in [0.29, 0.717) is 31.8 Å². The topological polar surface area (TPSA) is 85.3 Å². The highest BCUT2D eigenvalue weighted by atomic mass is 16.7. The third kappa shape index (κ3) is 25.0. The van der Waals surface area contributed by atoms with Gasteiger partial charge in [0, 0.05) is 25.7 Å². The van der Waals surface area contributed by atoms with Crippen LogP contribution in [0.2, 0.25) is 0 Å². The second-order valence-corrected chi connectivity index (χ2v) is 16.6. The van der Waals surface area contributed by atoms with Gasteiger partial charge in [-0.3, -0.25) is 9.59 Å². The quantitative estimate of drug-likeness (QED) is 0.0386. The lowest BCUT2D eigenvalue weighted by Crippen LogP contribution is -2.50. The molecule has 0 aromatic rings. The Morgan fingerprint density at radius 2 is 1.10 bits per heavy atom. The molecule has 0 aromatic heterocycles. The first kappa shape index (κ1) is 48.8. The third-order valence-corrected chi connectivity index (χ3v) is 11.7. The Bertz CT molecular complexity index is 821. The molecule has 1 fully saturated rings. The molecule has 1 N–H and O–H groups in total. The molecule has 3 unspecified atom stereocenters. The number of carbonyl (C=O) groups is 2. The number of hydrogen-bond acceptors (Lipinski definition) is 6. The molecule has 0 radical (unpaired) electrons. The smallest absolute Gasteiger partial charge is 0.309 e. The Labute approximate surface area is 322 Å². The van der Waals surface area contributed by atoms with Crippen LogP contribution in [0.25, 0.3) is 0 Å². The summed E-state index contributed by atoms with van der Waals surface area (Å²) in [7, 11) is 2.14. The van der Waals surface area contributed by atoms with Crippen molar-refractivity contribution in [3.63, 3.8) is 0 Å².